The van der Waals surface area contributed by atoms with Crippen LogP contribution in [0.2, 0.25) is 0 Å². The summed E-state index contributed by atoms with van der Waals surface area (Å²) in [4.78, 5) is 26.3. The third kappa shape index (κ3) is 3.65. The van der Waals surface area contributed by atoms with Gasteiger partial charge in [-0.05, 0) is 25.0 Å². The zero-order valence-electron chi connectivity index (χ0n) is 10.3. The van der Waals surface area contributed by atoms with Crippen molar-refractivity contribution < 1.29 is 19.4 Å². The highest BCUT2D eigenvalue weighted by Crippen LogP contribution is 2.12. The lowest BCUT2D eigenvalue weighted by atomic mass is 10.2. The monoisotopic (exact) mass is 265 g/mol. The van der Waals surface area contributed by atoms with E-state index in [0.29, 0.717) is 6.54 Å². The molecule has 1 aromatic rings. The fourth-order valence-corrected chi connectivity index (χ4v) is 1.85. The maximum Gasteiger partial charge on any atom is 0.356 e. The molecule has 7 nitrogen and oxygen atoms in total. The minimum absolute atomic E-state index is 0.0404. The molecule has 1 atom stereocenters. The number of anilines is 1. The Morgan fingerprint density at radius 3 is 3.05 bits per heavy atom. The molecule has 1 fully saturated rings. The molecule has 19 heavy (non-hydrogen) atoms. The van der Waals surface area contributed by atoms with Crippen LogP contribution in [-0.4, -0.2) is 41.3 Å². The van der Waals surface area contributed by atoms with E-state index in [1.807, 2.05) is 0 Å². The van der Waals surface area contributed by atoms with Crippen molar-refractivity contribution in [1.82, 2.24) is 10.3 Å². The molecule has 0 bridgehead atoms. The van der Waals surface area contributed by atoms with E-state index < -0.39 is 12.0 Å². The SMILES string of the molecule is O=C(NCC1CCCO1)Nc1cccnc1C(=O)O. The van der Waals surface area contributed by atoms with E-state index in [9.17, 15) is 9.59 Å². The van der Waals surface area contributed by atoms with Gasteiger partial charge >= 0.3 is 12.0 Å². The predicted octanol–water partition coefficient (Wildman–Crippen LogP) is 1.08. The number of urea groups is 1. The van der Waals surface area contributed by atoms with Gasteiger partial charge in [-0.15, -0.1) is 0 Å². The van der Waals surface area contributed by atoms with Crippen molar-refractivity contribution in [3.63, 3.8) is 0 Å². The molecule has 0 aliphatic carbocycles. The van der Waals surface area contributed by atoms with Crippen LogP contribution >= 0.6 is 0 Å². The normalized spacial score (nSPS) is 18.0. The second-order valence-corrected chi connectivity index (χ2v) is 4.17. The van der Waals surface area contributed by atoms with Crippen LogP contribution in [0.1, 0.15) is 23.3 Å². The number of amides is 2. The maximum absolute atomic E-state index is 11.6. The molecule has 3 N–H and O–H groups in total. The summed E-state index contributed by atoms with van der Waals surface area (Å²) in [7, 11) is 0. The predicted molar refractivity (Wildman–Crippen MR) is 67.2 cm³/mol. The van der Waals surface area contributed by atoms with Crippen LogP contribution in [0.4, 0.5) is 10.5 Å². The van der Waals surface area contributed by atoms with E-state index >= 15 is 0 Å². The first-order chi connectivity index (χ1) is 9.16. The Morgan fingerprint density at radius 2 is 2.37 bits per heavy atom. The summed E-state index contributed by atoms with van der Waals surface area (Å²) >= 11 is 0. The number of aromatic nitrogens is 1. The van der Waals surface area contributed by atoms with E-state index in [0.717, 1.165) is 19.4 Å². The number of hydrogen-bond acceptors (Lipinski definition) is 4. The van der Waals surface area contributed by atoms with Crippen LogP contribution in [0.25, 0.3) is 0 Å². The Bertz CT molecular complexity index is 472. The molecule has 0 aromatic carbocycles. The molecule has 1 saturated heterocycles. The number of carboxylic acids is 1. The number of ether oxygens (including phenoxy) is 1. The fourth-order valence-electron chi connectivity index (χ4n) is 1.85. The number of rotatable bonds is 4. The van der Waals surface area contributed by atoms with Crippen molar-refractivity contribution in [3.05, 3.63) is 24.0 Å². The van der Waals surface area contributed by atoms with Crippen LogP contribution in [0, 0.1) is 0 Å². The van der Waals surface area contributed by atoms with Crippen LogP contribution in [0.3, 0.4) is 0 Å². The Labute approximate surface area is 110 Å². The highest BCUT2D eigenvalue weighted by atomic mass is 16.5. The largest absolute Gasteiger partial charge is 0.476 e. The van der Waals surface area contributed by atoms with Crippen molar-refractivity contribution in [2.45, 2.75) is 18.9 Å². The average molecular weight is 265 g/mol. The molecule has 2 amide bonds. The average Bonchev–Trinajstić information content (AvgIpc) is 2.90. The van der Waals surface area contributed by atoms with Gasteiger partial charge in [0.25, 0.3) is 0 Å². The smallest absolute Gasteiger partial charge is 0.356 e. The summed E-state index contributed by atoms with van der Waals surface area (Å²) in [5, 5.41) is 14.0. The van der Waals surface area contributed by atoms with Gasteiger partial charge < -0.3 is 20.5 Å². The van der Waals surface area contributed by atoms with E-state index in [1.165, 1.54) is 12.3 Å². The molecule has 0 spiro atoms. The Kier molecular flexibility index (Phi) is 4.30. The Hall–Kier alpha value is -2.15. The molecular formula is C12H15N3O4. The Morgan fingerprint density at radius 1 is 1.53 bits per heavy atom. The van der Waals surface area contributed by atoms with Crippen molar-refractivity contribution in [3.8, 4) is 0 Å². The number of carboxylic acid groups (broad SMARTS) is 1. The van der Waals surface area contributed by atoms with E-state index in [4.69, 9.17) is 9.84 Å². The van der Waals surface area contributed by atoms with Crippen molar-refractivity contribution >= 4 is 17.7 Å². The standard InChI is InChI=1S/C12H15N3O4/c16-11(17)10-9(4-1-5-13-10)15-12(18)14-7-8-3-2-6-19-8/h1,4-5,8H,2-3,6-7H2,(H,16,17)(H2,14,15,18). The zero-order valence-corrected chi connectivity index (χ0v) is 10.3. The first-order valence-corrected chi connectivity index (χ1v) is 6.01. The fraction of sp³-hybridized carbons (Fsp3) is 0.417. The summed E-state index contributed by atoms with van der Waals surface area (Å²) < 4.78 is 5.37. The highest BCUT2D eigenvalue weighted by Gasteiger charge is 2.17. The summed E-state index contributed by atoms with van der Waals surface area (Å²) in [5.74, 6) is -1.19. The number of carbonyl (C=O) groups is 2. The van der Waals surface area contributed by atoms with Crippen LogP contribution in [0.5, 0.6) is 0 Å². The van der Waals surface area contributed by atoms with Gasteiger partial charge in [0.2, 0.25) is 0 Å². The van der Waals surface area contributed by atoms with Gasteiger partial charge in [-0.25, -0.2) is 14.6 Å². The number of nitrogens with zero attached hydrogens (tertiary/aromatic N) is 1. The molecule has 1 aromatic heterocycles. The van der Waals surface area contributed by atoms with Gasteiger partial charge in [0, 0.05) is 19.3 Å². The van der Waals surface area contributed by atoms with Gasteiger partial charge in [0.15, 0.2) is 5.69 Å². The van der Waals surface area contributed by atoms with E-state index in [-0.39, 0.29) is 17.5 Å². The molecule has 7 heteroatoms. The van der Waals surface area contributed by atoms with E-state index in [2.05, 4.69) is 15.6 Å². The van der Waals surface area contributed by atoms with Gasteiger partial charge in [0.1, 0.15) is 0 Å². The maximum atomic E-state index is 11.6. The number of hydrogen-bond donors (Lipinski definition) is 3. The Balaban J connectivity index is 1.89. The summed E-state index contributed by atoms with van der Waals surface area (Å²) in [6.45, 7) is 1.13. The lowest BCUT2D eigenvalue weighted by Gasteiger charge is -2.12. The molecule has 2 heterocycles. The summed E-state index contributed by atoms with van der Waals surface area (Å²) in [6.07, 6.45) is 3.32. The molecule has 1 unspecified atom stereocenters. The van der Waals surface area contributed by atoms with Crippen molar-refractivity contribution in [2.75, 3.05) is 18.5 Å². The van der Waals surface area contributed by atoms with Crippen LogP contribution < -0.4 is 10.6 Å². The first-order valence-electron chi connectivity index (χ1n) is 6.01. The third-order valence-electron chi connectivity index (χ3n) is 2.77. The number of nitrogens with one attached hydrogen (secondary N) is 2. The number of carbonyl (C=O) groups excluding carboxylic acids is 1. The van der Waals surface area contributed by atoms with Crippen molar-refractivity contribution in [2.24, 2.45) is 0 Å². The van der Waals surface area contributed by atoms with Crippen molar-refractivity contribution in [1.29, 1.82) is 0 Å². The van der Waals surface area contributed by atoms with Crippen LogP contribution in [0.15, 0.2) is 18.3 Å². The van der Waals surface area contributed by atoms with E-state index in [1.54, 1.807) is 6.07 Å². The zero-order chi connectivity index (χ0) is 13.7. The lowest BCUT2D eigenvalue weighted by Crippen LogP contribution is -2.35. The molecule has 0 saturated carbocycles. The molecule has 1 aliphatic heterocycles. The minimum atomic E-state index is -1.19. The lowest BCUT2D eigenvalue weighted by molar-refractivity contribution is 0.0691. The van der Waals surface area contributed by atoms with Crippen LogP contribution in [-0.2, 0) is 4.74 Å². The number of aromatic carboxylic acids is 1. The molecular weight excluding hydrogens is 250 g/mol. The minimum Gasteiger partial charge on any atom is -0.476 e. The summed E-state index contributed by atoms with van der Waals surface area (Å²) in [6, 6.07) is 2.58. The second-order valence-electron chi connectivity index (χ2n) is 4.17. The second kappa shape index (κ2) is 6.14. The first kappa shape index (κ1) is 13.3. The number of pyridine rings is 1. The third-order valence-corrected chi connectivity index (χ3v) is 2.77. The molecule has 2 rings (SSSR count). The molecule has 102 valence electrons. The quantitative estimate of drug-likeness (QED) is 0.756. The molecule has 0 radical (unpaired) electrons. The van der Waals surface area contributed by atoms with Gasteiger partial charge in [-0.2, -0.15) is 0 Å². The van der Waals surface area contributed by atoms with Gasteiger partial charge in [0.05, 0.1) is 11.8 Å². The topological polar surface area (TPSA) is 101 Å². The van der Waals surface area contributed by atoms with Gasteiger partial charge in [-0.3, -0.25) is 0 Å². The van der Waals surface area contributed by atoms with Gasteiger partial charge in [-0.1, -0.05) is 0 Å². The highest BCUT2D eigenvalue weighted by molar-refractivity contribution is 5.98. The summed E-state index contributed by atoms with van der Waals surface area (Å²) in [5.41, 5.74) is -0.0189. The molecule has 1 aliphatic rings.